The van der Waals surface area contributed by atoms with Crippen LogP contribution in [0.3, 0.4) is 0 Å². The summed E-state index contributed by atoms with van der Waals surface area (Å²) in [4.78, 5) is 44.1. The van der Waals surface area contributed by atoms with Gasteiger partial charge in [-0.1, -0.05) is 28.9 Å². The predicted octanol–water partition coefficient (Wildman–Crippen LogP) is 3.56. The molecule has 10 heteroatoms. The van der Waals surface area contributed by atoms with Gasteiger partial charge in [0.05, 0.1) is 33.2 Å². The van der Waals surface area contributed by atoms with Crippen molar-refractivity contribution in [2.24, 2.45) is 34.7 Å². The number of anilines is 1. The van der Waals surface area contributed by atoms with Crippen molar-refractivity contribution in [1.29, 1.82) is 0 Å². The van der Waals surface area contributed by atoms with Crippen molar-refractivity contribution < 1.29 is 23.7 Å². The first-order valence-corrected chi connectivity index (χ1v) is 10.6. The van der Waals surface area contributed by atoms with Gasteiger partial charge in [-0.25, -0.2) is 9.29 Å². The van der Waals surface area contributed by atoms with E-state index in [-0.39, 0.29) is 52.1 Å². The van der Waals surface area contributed by atoms with Crippen LogP contribution in [0.5, 0.6) is 0 Å². The molecule has 2 amide bonds. The molecule has 0 spiro atoms. The predicted molar refractivity (Wildman–Crippen MR) is 110 cm³/mol. The summed E-state index contributed by atoms with van der Waals surface area (Å²) in [5, 5.41) is 15.2. The number of hydrogen-bond acceptors (Lipinski definition) is 6. The number of hydrogen-bond donors (Lipinski definition) is 0. The fraction of sp³-hybridized carbons (Fsp3) is 0.318. The van der Waals surface area contributed by atoms with Crippen molar-refractivity contribution in [3.05, 3.63) is 69.0 Å². The number of non-ortho nitro benzene ring substituents is 1. The third kappa shape index (κ3) is 2.45. The molecule has 2 saturated carbocycles. The Labute approximate surface area is 185 Å². The summed E-state index contributed by atoms with van der Waals surface area (Å²) in [7, 11) is 0. The zero-order chi connectivity index (χ0) is 22.3. The highest BCUT2D eigenvalue weighted by Gasteiger charge is 2.70. The Hall–Kier alpha value is -3.33. The van der Waals surface area contributed by atoms with Crippen molar-refractivity contribution in [2.75, 3.05) is 4.90 Å². The van der Waals surface area contributed by atoms with E-state index in [1.165, 1.54) is 24.3 Å². The summed E-state index contributed by atoms with van der Waals surface area (Å²) < 4.78 is 13.6. The second-order valence-corrected chi connectivity index (χ2v) is 9.01. The number of nitrogens with zero attached hydrogens (tertiary/aromatic N) is 3. The molecule has 6 rings (SSSR count). The maximum atomic E-state index is 13.6. The van der Waals surface area contributed by atoms with Crippen molar-refractivity contribution in [1.82, 2.24) is 0 Å². The number of amides is 2. The molecule has 2 aliphatic carbocycles. The highest BCUT2D eigenvalue weighted by Crippen LogP contribution is 2.62. The summed E-state index contributed by atoms with van der Waals surface area (Å²) in [6, 6.07) is 9.95. The van der Waals surface area contributed by atoms with Gasteiger partial charge in [-0.15, -0.1) is 0 Å². The monoisotopic (exact) mass is 455 g/mol. The molecule has 162 valence electrons. The summed E-state index contributed by atoms with van der Waals surface area (Å²) in [5.74, 6) is -2.95. The first-order chi connectivity index (χ1) is 15.4. The van der Waals surface area contributed by atoms with Gasteiger partial charge in [0.1, 0.15) is 11.9 Å². The number of fused-ring (bicyclic) bond motifs is 8. The van der Waals surface area contributed by atoms with Gasteiger partial charge in [0, 0.05) is 29.5 Å². The summed E-state index contributed by atoms with van der Waals surface area (Å²) >= 11 is 5.87. The third-order valence-corrected chi connectivity index (χ3v) is 7.49. The Bertz CT molecular complexity index is 1250. The average molecular weight is 456 g/mol. The van der Waals surface area contributed by atoms with Gasteiger partial charge in [-0.2, -0.15) is 0 Å². The Morgan fingerprint density at radius 1 is 1.09 bits per heavy atom. The molecule has 2 aliphatic heterocycles. The van der Waals surface area contributed by atoms with E-state index in [0.29, 0.717) is 17.7 Å². The van der Waals surface area contributed by atoms with Crippen LogP contribution in [0.15, 0.2) is 47.6 Å². The van der Waals surface area contributed by atoms with Gasteiger partial charge in [0.15, 0.2) is 0 Å². The summed E-state index contributed by atoms with van der Waals surface area (Å²) in [6.07, 6.45) is 0.290. The normalized spacial score (nSPS) is 32.1. The lowest BCUT2D eigenvalue weighted by molar-refractivity contribution is -0.384. The van der Waals surface area contributed by atoms with E-state index >= 15 is 0 Å². The smallest absolute Gasteiger partial charge is 0.270 e. The SMILES string of the molecule is O=C1C2C3CC(C4C(c5cccc([N+](=O)[O-])c5)=NOC34)C2C(=O)N1c1ccc(F)c(Cl)c1. The Morgan fingerprint density at radius 3 is 2.56 bits per heavy atom. The number of oxime groups is 1. The van der Waals surface area contributed by atoms with E-state index in [4.69, 9.17) is 16.4 Å². The topological polar surface area (TPSA) is 102 Å². The average Bonchev–Trinajstić information content (AvgIpc) is 3.50. The van der Waals surface area contributed by atoms with Gasteiger partial charge in [0.25, 0.3) is 5.69 Å². The van der Waals surface area contributed by atoms with Crippen LogP contribution in [0.25, 0.3) is 0 Å². The molecular weight excluding hydrogens is 441 g/mol. The van der Waals surface area contributed by atoms with Crippen LogP contribution in [0, 0.1) is 45.5 Å². The highest BCUT2D eigenvalue weighted by molar-refractivity contribution is 6.31. The van der Waals surface area contributed by atoms with Crippen LogP contribution in [0.1, 0.15) is 12.0 Å². The van der Waals surface area contributed by atoms with E-state index in [1.807, 2.05) is 0 Å². The fourth-order valence-electron chi connectivity index (χ4n) is 6.02. The maximum Gasteiger partial charge on any atom is 0.270 e. The highest BCUT2D eigenvalue weighted by atomic mass is 35.5. The van der Waals surface area contributed by atoms with E-state index in [2.05, 4.69) is 5.16 Å². The number of carbonyl (C=O) groups is 2. The number of benzene rings is 2. The molecule has 0 radical (unpaired) electrons. The van der Waals surface area contributed by atoms with Crippen LogP contribution >= 0.6 is 11.6 Å². The Morgan fingerprint density at radius 2 is 1.84 bits per heavy atom. The third-order valence-electron chi connectivity index (χ3n) is 7.20. The first-order valence-electron chi connectivity index (χ1n) is 10.2. The second kappa shape index (κ2) is 6.59. The number of imide groups is 1. The molecule has 6 unspecified atom stereocenters. The van der Waals surface area contributed by atoms with E-state index in [9.17, 15) is 24.1 Å². The van der Waals surface area contributed by atoms with Crippen LogP contribution in [0.4, 0.5) is 15.8 Å². The van der Waals surface area contributed by atoms with Gasteiger partial charge >= 0.3 is 0 Å². The second-order valence-electron chi connectivity index (χ2n) is 8.61. The zero-order valence-corrected chi connectivity index (χ0v) is 17.1. The van der Waals surface area contributed by atoms with Crippen molar-refractivity contribution in [3.63, 3.8) is 0 Å². The van der Waals surface area contributed by atoms with Gasteiger partial charge in [-0.05, 0) is 30.5 Å². The number of nitro benzene ring substituents is 1. The lowest BCUT2D eigenvalue weighted by atomic mass is 9.71. The van der Waals surface area contributed by atoms with E-state index in [1.54, 1.807) is 12.1 Å². The molecule has 32 heavy (non-hydrogen) atoms. The fourth-order valence-corrected chi connectivity index (χ4v) is 6.20. The van der Waals surface area contributed by atoms with Gasteiger partial charge in [0.2, 0.25) is 11.8 Å². The lowest BCUT2D eigenvalue weighted by Crippen LogP contribution is -2.41. The quantitative estimate of drug-likeness (QED) is 0.400. The van der Waals surface area contributed by atoms with Gasteiger partial charge < -0.3 is 4.84 Å². The van der Waals surface area contributed by atoms with Crippen molar-refractivity contribution in [2.45, 2.75) is 12.5 Å². The molecule has 0 N–H and O–H groups in total. The molecule has 3 fully saturated rings. The molecule has 2 aromatic rings. The van der Waals surface area contributed by atoms with Crippen LogP contribution in [0.2, 0.25) is 5.02 Å². The van der Waals surface area contributed by atoms with Crippen LogP contribution in [-0.4, -0.2) is 28.6 Å². The summed E-state index contributed by atoms with van der Waals surface area (Å²) in [6.45, 7) is 0. The summed E-state index contributed by atoms with van der Waals surface area (Å²) in [5.41, 5.74) is 1.35. The van der Waals surface area contributed by atoms with Crippen LogP contribution in [-0.2, 0) is 14.4 Å². The Kier molecular flexibility index (Phi) is 3.98. The molecule has 2 bridgehead atoms. The molecule has 4 aliphatic rings. The zero-order valence-electron chi connectivity index (χ0n) is 16.4. The number of nitro groups is 1. The minimum absolute atomic E-state index is 0.0545. The number of rotatable bonds is 3. The lowest BCUT2D eigenvalue weighted by Gasteiger charge is -2.29. The largest absolute Gasteiger partial charge is 0.391 e. The minimum Gasteiger partial charge on any atom is -0.391 e. The molecule has 2 aromatic carbocycles. The van der Waals surface area contributed by atoms with Gasteiger partial charge in [-0.3, -0.25) is 19.7 Å². The van der Waals surface area contributed by atoms with Crippen molar-refractivity contribution >= 4 is 40.5 Å². The van der Waals surface area contributed by atoms with E-state index in [0.717, 1.165) is 11.0 Å². The number of halogens is 2. The first kappa shape index (κ1) is 19.4. The molecule has 0 aromatic heterocycles. The molecule has 6 atom stereocenters. The molecule has 2 heterocycles. The molecule has 1 saturated heterocycles. The number of carbonyl (C=O) groups excluding carboxylic acids is 2. The van der Waals surface area contributed by atoms with Crippen LogP contribution < -0.4 is 4.90 Å². The van der Waals surface area contributed by atoms with Crippen molar-refractivity contribution in [3.8, 4) is 0 Å². The standard InChI is InChI=1S/C22H15ClFN3O5/c23-14-7-10(4-5-15(14)24)26-21(28)16-12-8-13(17(16)22(26)29)20-18(12)19(25-32-20)9-2-1-3-11(6-9)27(30)31/h1-7,12-13,16-18,20H,8H2. The maximum absolute atomic E-state index is 13.6. The minimum atomic E-state index is -0.629. The molecular formula is C22H15ClFN3O5. The Balaban J connectivity index is 1.34. The van der Waals surface area contributed by atoms with E-state index < -0.39 is 22.6 Å². The molecule has 8 nitrogen and oxygen atoms in total.